The van der Waals surface area contributed by atoms with Gasteiger partial charge < -0.3 is 10.6 Å². The van der Waals surface area contributed by atoms with Crippen molar-refractivity contribution in [1.82, 2.24) is 19.7 Å². The molecule has 2 N–H and O–H groups in total. The predicted molar refractivity (Wildman–Crippen MR) is 90.1 cm³/mol. The van der Waals surface area contributed by atoms with Gasteiger partial charge in [-0.15, -0.1) is 0 Å². The maximum atomic E-state index is 6.34. The molecule has 0 bridgehead atoms. The third-order valence-electron chi connectivity index (χ3n) is 3.67. The number of aryl methyl sites for hydroxylation is 1. The Morgan fingerprint density at radius 3 is 2.68 bits per heavy atom. The molecular weight excluding hydrogens is 300 g/mol. The summed E-state index contributed by atoms with van der Waals surface area (Å²) in [5.41, 5.74) is 8.24. The lowest BCUT2D eigenvalue weighted by Crippen LogP contribution is -2.19. The Balaban J connectivity index is 2.37. The van der Waals surface area contributed by atoms with E-state index < -0.39 is 0 Å². The molecule has 2 aromatic heterocycles. The maximum absolute atomic E-state index is 6.34. The monoisotopic (exact) mass is 316 g/mol. The zero-order valence-electron chi connectivity index (χ0n) is 12.7. The Kier molecular flexibility index (Phi) is 3.62. The molecule has 0 amide bonds. The van der Waals surface area contributed by atoms with E-state index in [1.165, 1.54) is 0 Å². The first-order valence-corrected chi connectivity index (χ1v) is 7.37. The first-order valence-electron chi connectivity index (χ1n) is 6.99. The van der Waals surface area contributed by atoms with E-state index in [1.807, 2.05) is 43.1 Å². The minimum absolute atomic E-state index is 0.524. The van der Waals surface area contributed by atoms with Gasteiger partial charge >= 0.3 is 0 Å². The van der Waals surface area contributed by atoms with Crippen molar-refractivity contribution >= 4 is 34.4 Å². The van der Waals surface area contributed by atoms with E-state index in [2.05, 4.69) is 15.1 Å². The molecule has 7 heteroatoms. The first kappa shape index (κ1) is 14.6. The Bertz CT molecular complexity index is 841. The number of aromatic nitrogens is 4. The van der Waals surface area contributed by atoms with E-state index in [9.17, 15) is 0 Å². The molecule has 0 aliphatic rings. The summed E-state index contributed by atoms with van der Waals surface area (Å²) in [6, 6.07) is 7.56. The third-order valence-corrected chi connectivity index (χ3v) is 4.00. The highest BCUT2D eigenvalue weighted by Gasteiger charge is 2.19. The van der Waals surface area contributed by atoms with Crippen LogP contribution in [0.2, 0.25) is 5.02 Å². The lowest BCUT2D eigenvalue weighted by molar-refractivity contribution is 0.786. The number of fused-ring (bicyclic) bond motifs is 1. The van der Waals surface area contributed by atoms with E-state index in [-0.39, 0.29) is 0 Å². The quantitative estimate of drug-likeness (QED) is 0.804. The van der Waals surface area contributed by atoms with Crippen molar-refractivity contribution in [2.24, 2.45) is 7.05 Å². The topological polar surface area (TPSA) is 72.9 Å². The van der Waals surface area contributed by atoms with Gasteiger partial charge in [-0.2, -0.15) is 10.1 Å². The summed E-state index contributed by atoms with van der Waals surface area (Å²) in [7, 11) is 3.72. The van der Waals surface area contributed by atoms with E-state index in [1.54, 1.807) is 11.7 Å². The van der Waals surface area contributed by atoms with Crippen LogP contribution in [0.1, 0.15) is 6.92 Å². The highest BCUT2D eigenvalue weighted by atomic mass is 35.5. The van der Waals surface area contributed by atoms with Crippen molar-refractivity contribution < 1.29 is 0 Å². The highest BCUT2D eigenvalue weighted by Crippen LogP contribution is 2.35. The number of nitrogens with zero attached hydrogens (tertiary/aromatic N) is 5. The lowest BCUT2D eigenvalue weighted by Gasteiger charge is -2.15. The predicted octanol–water partition coefficient (Wildman–Crippen LogP) is 2.72. The maximum Gasteiger partial charge on any atom is 0.227 e. The van der Waals surface area contributed by atoms with Crippen molar-refractivity contribution in [2.75, 3.05) is 24.2 Å². The Morgan fingerprint density at radius 2 is 2.00 bits per heavy atom. The van der Waals surface area contributed by atoms with E-state index in [4.69, 9.17) is 17.3 Å². The standard InChI is InChI=1S/C15H17ClN6/c1-4-21(2)15-18-12(9-7-5-6-8-10(9)16)11-13(17)22(3)20-14(11)19-15/h5-8H,4,17H2,1-3H3. The van der Waals surface area contributed by atoms with Gasteiger partial charge in [0.05, 0.1) is 11.1 Å². The van der Waals surface area contributed by atoms with Gasteiger partial charge in [0.2, 0.25) is 5.95 Å². The molecular formula is C15H17ClN6. The van der Waals surface area contributed by atoms with Crippen LogP contribution in [0.15, 0.2) is 24.3 Å². The molecule has 3 aromatic rings. The smallest absolute Gasteiger partial charge is 0.227 e. The third kappa shape index (κ3) is 2.25. The second-order valence-electron chi connectivity index (χ2n) is 5.07. The van der Waals surface area contributed by atoms with Crippen LogP contribution in [0.4, 0.5) is 11.8 Å². The van der Waals surface area contributed by atoms with Crippen LogP contribution in [0, 0.1) is 0 Å². The van der Waals surface area contributed by atoms with Gasteiger partial charge in [-0.1, -0.05) is 29.8 Å². The number of nitrogen functional groups attached to an aromatic ring is 1. The molecule has 0 spiro atoms. The SMILES string of the molecule is CCN(C)c1nc(-c2ccccc2Cl)c2c(N)n(C)nc2n1. The minimum atomic E-state index is 0.524. The van der Waals surface area contributed by atoms with Crippen LogP contribution in [-0.4, -0.2) is 33.3 Å². The molecule has 114 valence electrons. The summed E-state index contributed by atoms with van der Waals surface area (Å²) in [6.07, 6.45) is 0. The minimum Gasteiger partial charge on any atom is -0.383 e. The van der Waals surface area contributed by atoms with Crippen LogP contribution in [0.25, 0.3) is 22.3 Å². The summed E-state index contributed by atoms with van der Waals surface area (Å²) in [6.45, 7) is 2.82. The Morgan fingerprint density at radius 1 is 1.27 bits per heavy atom. The normalized spacial score (nSPS) is 11.1. The number of hydrogen-bond donors (Lipinski definition) is 1. The zero-order valence-corrected chi connectivity index (χ0v) is 13.5. The van der Waals surface area contributed by atoms with Crippen molar-refractivity contribution in [1.29, 1.82) is 0 Å². The van der Waals surface area contributed by atoms with Crippen molar-refractivity contribution in [3.05, 3.63) is 29.3 Å². The van der Waals surface area contributed by atoms with Crippen molar-refractivity contribution in [2.45, 2.75) is 6.92 Å². The van der Waals surface area contributed by atoms with Crippen LogP contribution in [-0.2, 0) is 7.05 Å². The van der Waals surface area contributed by atoms with Crippen LogP contribution in [0.3, 0.4) is 0 Å². The first-order chi connectivity index (χ1) is 10.5. The highest BCUT2D eigenvalue weighted by molar-refractivity contribution is 6.33. The molecule has 1 aromatic carbocycles. The fourth-order valence-corrected chi connectivity index (χ4v) is 2.49. The van der Waals surface area contributed by atoms with Crippen LogP contribution < -0.4 is 10.6 Å². The van der Waals surface area contributed by atoms with Crippen molar-refractivity contribution in [3.63, 3.8) is 0 Å². The summed E-state index contributed by atoms with van der Waals surface area (Å²) in [5, 5.41) is 5.72. The number of anilines is 2. The summed E-state index contributed by atoms with van der Waals surface area (Å²) in [5.74, 6) is 1.12. The summed E-state index contributed by atoms with van der Waals surface area (Å²) < 4.78 is 1.61. The van der Waals surface area contributed by atoms with Gasteiger partial charge in [-0.05, 0) is 13.0 Å². The zero-order chi connectivity index (χ0) is 15.9. The van der Waals surface area contributed by atoms with Gasteiger partial charge in [-0.3, -0.25) is 4.68 Å². The largest absolute Gasteiger partial charge is 0.383 e. The number of halogens is 1. The number of rotatable bonds is 3. The average Bonchev–Trinajstić information content (AvgIpc) is 2.81. The number of benzene rings is 1. The van der Waals surface area contributed by atoms with E-state index >= 15 is 0 Å². The molecule has 0 radical (unpaired) electrons. The van der Waals surface area contributed by atoms with Crippen LogP contribution in [0.5, 0.6) is 0 Å². The lowest BCUT2D eigenvalue weighted by atomic mass is 10.1. The second-order valence-corrected chi connectivity index (χ2v) is 5.48. The van der Waals surface area contributed by atoms with Gasteiger partial charge in [0.25, 0.3) is 0 Å². The number of hydrogen-bond acceptors (Lipinski definition) is 5. The molecule has 2 heterocycles. The average molecular weight is 317 g/mol. The van der Waals surface area contributed by atoms with Gasteiger partial charge in [0.1, 0.15) is 5.82 Å². The summed E-state index contributed by atoms with van der Waals surface area (Å²) in [4.78, 5) is 11.1. The Labute approximate surface area is 133 Å². The molecule has 0 unspecified atom stereocenters. The van der Waals surface area contributed by atoms with Gasteiger partial charge in [0.15, 0.2) is 5.65 Å². The molecule has 0 saturated heterocycles. The van der Waals surface area contributed by atoms with Gasteiger partial charge in [-0.25, -0.2) is 4.98 Å². The van der Waals surface area contributed by atoms with Crippen LogP contribution >= 0.6 is 11.6 Å². The molecule has 0 fully saturated rings. The molecule has 22 heavy (non-hydrogen) atoms. The molecule has 3 rings (SSSR count). The molecule has 0 aliphatic carbocycles. The Hall–Kier alpha value is -2.34. The van der Waals surface area contributed by atoms with Gasteiger partial charge in [0, 0.05) is 31.2 Å². The van der Waals surface area contributed by atoms with E-state index in [0.717, 1.165) is 17.5 Å². The molecule has 0 saturated carbocycles. The van der Waals surface area contributed by atoms with Crippen molar-refractivity contribution in [3.8, 4) is 11.3 Å². The number of nitrogens with two attached hydrogens (primary N) is 1. The second kappa shape index (κ2) is 5.46. The molecule has 6 nitrogen and oxygen atoms in total. The fraction of sp³-hybridized carbons (Fsp3) is 0.267. The van der Waals surface area contributed by atoms with E-state index in [0.29, 0.717) is 28.1 Å². The fourth-order valence-electron chi connectivity index (χ4n) is 2.26. The molecule has 0 atom stereocenters. The summed E-state index contributed by atoms with van der Waals surface area (Å²) >= 11 is 6.34. The molecule has 0 aliphatic heterocycles.